The van der Waals surface area contributed by atoms with Crippen LogP contribution >= 0.6 is 11.3 Å². The first-order valence-electron chi connectivity index (χ1n) is 15.1. The zero-order valence-electron chi connectivity index (χ0n) is 29.3. The fourth-order valence-corrected chi connectivity index (χ4v) is 5.62. The Morgan fingerprint density at radius 1 is 1.12 bits per heavy atom. The molecule has 1 aliphatic rings. The Balaban J connectivity index is 1.93. The second-order valence-electron chi connectivity index (χ2n) is 13.5. The molecule has 52 heavy (non-hydrogen) atoms. The molecule has 0 bridgehead atoms. The van der Waals surface area contributed by atoms with Crippen LogP contribution in [-0.4, -0.2) is 97.4 Å². The Bertz CT molecular complexity index is 1960. The highest BCUT2D eigenvalue weighted by molar-refractivity contribution is 7.84. The molecule has 3 rings (SSSR count). The first-order valence-corrected chi connectivity index (χ1v) is 17.4. The number of thiazole rings is 1. The summed E-state index contributed by atoms with van der Waals surface area (Å²) >= 11 is 0.861. The fraction of sp³-hybridized carbons (Fsp3) is 0.483. The number of hydrogen-bond donors (Lipinski definition) is 7. The number of aromatic nitrogens is 2. The third-order valence-electron chi connectivity index (χ3n) is 6.38. The number of aromatic amines is 1. The van der Waals surface area contributed by atoms with Crippen LogP contribution < -0.4 is 21.4 Å². The van der Waals surface area contributed by atoms with Crippen LogP contribution in [0.3, 0.4) is 0 Å². The van der Waals surface area contributed by atoms with Crippen LogP contribution in [0.2, 0.25) is 0 Å². The molecule has 0 aliphatic carbocycles. The first kappa shape index (κ1) is 41.0. The lowest BCUT2D eigenvalue weighted by atomic mass is 9.98. The van der Waals surface area contributed by atoms with Crippen molar-refractivity contribution in [1.29, 1.82) is 5.53 Å². The van der Waals surface area contributed by atoms with Crippen molar-refractivity contribution in [3.05, 3.63) is 45.5 Å². The molecule has 3 heterocycles. The quantitative estimate of drug-likeness (QED) is 0.0382. The number of nitrogens with zero attached hydrogens (tertiary/aromatic N) is 4. The van der Waals surface area contributed by atoms with E-state index in [-0.39, 0.29) is 26.5 Å². The molecule has 7 N–H and O–H groups in total. The number of esters is 1. The average molecular weight is 770 g/mol. The van der Waals surface area contributed by atoms with Crippen molar-refractivity contribution in [2.24, 2.45) is 10.3 Å². The molecule has 0 radical (unpaired) electrons. The summed E-state index contributed by atoms with van der Waals surface area (Å²) in [5, 5.41) is 25.2. The molecule has 0 spiro atoms. The van der Waals surface area contributed by atoms with E-state index in [1.54, 1.807) is 41.5 Å². The lowest BCUT2D eigenvalue weighted by Crippen LogP contribution is -2.74. The number of nitrogens with one attached hydrogen (secondary N) is 5. The van der Waals surface area contributed by atoms with Crippen LogP contribution in [0.15, 0.2) is 38.9 Å². The molecular weight excluding hydrogens is 731 g/mol. The van der Waals surface area contributed by atoms with Crippen LogP contribution in [-0.2, 0) is 39.0 Å². The molecule has 2 atom stereocenters. The van der Waals surface area contributed by atoms with Crippen LogP contribution in [0.25, 0.3) is 5.70 Å². The van der Waals surface area contributed by atoms with Gasteiger partial charge in [0.15, 0.2) is 16.6 Å². The van der Waals surface area contributed by atoms with Gasteiger partial charge < -0.3 is 35.0 Å². The minimum absolute atomic E-state index is 0.00887. The van der Waals surface area contributed by atoms with Crippen molar-refractivity contribution < 1.29 is 51.6 Å². The SMILES string of the molecule is CC(C)(C)OC(=O)Nc1nc(/C(=N/OC(C)(C)C(=O)OC(C)(C)C)C(=O)N[C@@H]2C(=O)N(S(=O)(=O)O)[C@@H]2CN/C=C(\N=N)c2cc(=O)c(O)c[nH]2)cs1. The van der Waals surface area contributed by atoms with E-state index in [9.17, 15) is 42.0 Å². The van der Waals surface area contributed by atoms with Crippen molar-refractivity contribution in [3.8, 4) is 5.75 Å². The highest BCUT2D eigenvalue weighted by Gasteiger charge is 2.54. The van der Waals surface area contributed by atoms with Gasteiger partial charge in [0.05, 0.1) is 11.7 Å². The van der Waals surface area contributed by atoms with Gasteiger partial charge in [-0.1, -0.05) is 5.16 Å². The molecule has 2 aromatic heterocycles. The number of H-pyrrole nitrogens is 1. The lowest BCUT2D eigenvalue weighted by molar-refractivity contribution is -0.179. The summed E-state index contributed by atoms with van der Waals surface area (Å²) in [6.45, 7) is 12.0. The number of ether oxygens (including phenoxy) is 2. The van der Waals surface area contributed by atoms with Gasteiger partial charge in [-0.15, -0.1) is 11.3 Å². The molecule has 2 aromatic rings. The number of oxime groups is 1. The zero-order chi connectivity index (χ0) is 39.4. The number of aromatic hydroxyl groups is 1. The smallest absolute Gasteiger partial charge is 0.413 e. The minimum atomic E-state index is -5.13. The number of β-lactam (4-membered cyclic amide) rings is 1. The maximum Gasteiger partial charge on any atom is 0.413 e. The van der Waals surface area contributed by atoms with Crippen molar-refractivity contribution in [1.82, 2.24) is 24.9 Å². The van der Waals surface area contributed by atoms with Crippen molar-refractivity contribution in [3.63, 3.8) is 0 Å². The zero-order valence-corrected chi connectivity index (χ0v) is 30.9. The molecule has 23 heteroatoms. The van der Waals surface area contributed by atoms with E-state index in [2.05, 4.69) is 36.2 Å². The van der Waals surface area contributed by atoms with Crippen LogP contribution in [0, 0.1) is 5.53 Å². The molecule has 1 saturated heterocycles. The molecule has 284 valence electrons. The van der Waals surface area contributed by atoms with Gasteiger partial charge in [-0.25, -0.2) is 24.4 Å². The number of rotatable bonds is 13. The maximum absolute atomic E-state index is 13.7. The van der Waals surface area contributed by atoms with E-state index in [0.717, 1.165) is 29.8 Å². The lowest BCUT2D eigenvalue weighted by Gasteiger charge is -2.44. The summed E-state index contributed by atoms with van der Waals surface area (Å²) in [7, 11) is -5.13. The molecule has 0 saturated carbocycles. The molecule has 3 amide bonds. The first-order chi connectivity index (χ1) is 23.8. The molecule has 21 nitrogen and oxygen atoms in total. The highest BCUT2D eigenvalue weighted by Crippen LogP contribution is 2.25. The monoisotopic (exact) mass is 769 g/mol. The fourth-order valence-electron chi connectivity index (χ4n) is 4.06. The van der Waals surface area contributed by atoms with Gasteiger partial charge in [0.25, 0.3) is 11.8 Å². The number of amides is 3. The normalized spacial score (nSPS) is 17.1. The Kier molecular flexibility index (Phi) is 12.2. The molecule has 1 fully saturated rings. The van der Waals surface area contributed by atoms with Gasteiger partial charge >= 0.3 is 22.4 Å². The Hall–Kier alpha value is -5.42. The molecule has 1 aliphatic heterocycles. The Morgan fingerprint density at radius 2 is 1.75 bits per heavy atom. The number of hydrogen-bond acceptors (Lipinski definition) is 17. The Morgan fingerprint density at radius 3 is 2.31 bits per heavy atom. The van der Waals surface area contributed by atoms with Crippen LogP contribution in [0.4, 0.5) is 9.93 Å². The van der Waals surface area contributed by atoms with E-state index in [1.807, 2.05) is 0 Å². The largest absolute Gasteiger partial charge is 0.503 e. The summed E-state index contributed by atoms with van der Waals surface area (Å²) in [5.41, 5.74) is 2.13. The van der Waals surface area contributed by atoms with Gasteiger partial charge in [-0.3, -0.25) is 24.3 Å². The standard InChI is InChI=1S/C29H39N9O12S2/c1-27(2,3)48-24(43)29(7,8)50-37-20(16-13-51-25(33-16)35-26(44)49-28(4,5)6)22(41)34-21-17(38(23(21)42)52(45,46)47)11-31-10-15(36-30)14-9-18(39)19(40)12-32-14/h9-10,12-13,17,21,30-31,40H,11H2,1-8H3,(H,32,39)(H,34,41)(H,33,35,44)(H,45,46,47)/b15-10-,36-30?,37-20-/t17-,21+/m1/s1. The summed E-state index contributed by atoms with van der Waals surface area (Å²) in [6, 6.07) is -2.13. The third-order valence-corrected chi connectivity index (χ3v) is 8.09. The van der Waals surface area contributed by atoms with E-state index < -0.39 is 86.5 Å². The maximum atomic E-state index is 13.7. The number of anilines is 1. The van der Waals surface area contributed by atoms with Crippen molar-refractivity contribution in [2.45, 2.75) is 84.3 Å². The van der Waals surface area contributed by atoms with E-state index in [4.69, 9.17) is 19.8 Å². The summed E-state index contributed by atoms with van der Waals surface area (Å²) < 4.78 is 44.5. The number of carbonyl (C=O) groups is 4. The predicted molar refractivity (Wildman–Crippen MR) is 183 cm³/mol. The average Bonchev–Trinajstić information content (AvgIpc) is 3.44. The van der Waals surface area contributed by atoms with E-state index >= 15 is 0 Å². The van der Waals surface area contributed by atoms with Crippen molar-refractivity contribution in [2.75, 3.05) is 11.9 Å². The Labute approximate surface area is 301 Å². The van der Waals surface area contributed by atoms with E-state index in [0.29, 0.717) is 0 Å². The number of pyridine rings is 1. The molecule has 0 aromatic carbocycles. The molecule has 0 unspecified atom stereocenters. The van der Waals surface area contributed by atoms with Crippen molar-refractivity contribution >= 4 is 62.1 Å². The summed E-state index contributed by atoms with van der Waals surface area (Å²) in [6.07, 6.45) is 1.18. The summed E-state index contributed by atoms with van der Waals surface area (Å²) in [4.78, 5) is 75.7. The minimum Gasteiger partial charge on any atom is -0.503 e. The summed E-state index contributed by atoms with van der Waals surface area (Å²) in [5.74, 6) is -3.82. The topological polar surface area (TPSA) is 304 Å². The van der Waals surface area contributed by atoms with Gasteiger partial charge in [-0.2, -0.15) is 13.5 Å². The van der Waals surface area contributed by atoms with Gasteiger partial charge in [0.2, 0.25) is 11.0 Å². The highest BCUT2D eigenvalue weighted by atomic mass is 32.2. The van der Waals surface area contributed by atoms with Gasteiger partial charge in [-0.05, 0) is 55.4 Å². The third kappa shape index (κ3) is 10.8. The second-order valence-corrected chi connectivity index (χ2v) is 15.6. The number of carbonyl (C=O) groups excluding carboxylic acids is 4. The van der Waals surface area contributed by atoms with Crippen LogP contribution in [0.1, 0.15) is 66.8 Å². The van der Waals surface area contributed by atoms with Gasteiger partial charge in [0, 0.05) is 30.4 Å². The van der Waals surface area contributed by atoms with E-state index in [1.165, 1.54) is 19.2 Å². The van der Waals surface area contributed by atoms with Crippen LogP contribution in [0.5, 0.6) is 5.75 Å². The predicted octanol–water partition coefficient (Wildman–Crippen LogP) is 1.84. The second kappa shape index (κ2) is 15.4. The molecular formula is C29H39N9O12S2. The van der Waals surface area contributed by atoms with Gasteiger partial charge in [0.1, 0.15) is 28.6 Å².